The Morgan fingerprint density at radius 3 is 2.65 bits per heavy atom. The SMILES string of the molecule is CCC1(C(=O)O)CCCN1C(=O)NCC(F)F. The van der Waals surface area contributed by atoms with Crippen molar-refractivity contribution in [2.45, 2.75) is 38.2 Å². The zero-order valence-electron chi connectivity index (χ0n) is 9.58. The third kappa shape index (κ3) is 2.65. The van der Waals surface area contributed by atoms with Gasteiger partial charge in [-0.3, -0.25) is 0 Å². The third-order valence-electron chi connectivity index (χ3n) is 3.12. The first-order valence-corrected chi connectivity index (χ1v) is 5.51. The first-order valence-electron chi connectivity index (χ1n) is 5.51. The van der Waals surface area contributed by atoms with Gasteiger partial charge in [0.25, 0.3) is 6.43 Å². The number of aliphatic carboxylic acids is 1. The minimum atomic E-state index is -2.64. The number of carboxylic acids is 1. The van der Waals surface area contributed by atoms with Crippen LogP contribution >= 0.6 is 0 Å². The molecular weight excluding hydrogens is 234 g/mol. The standard InChI is InChI=1S/C10H16F2N2O3/c1-2-10(8(15)16)4-3-5-14(10)9(17)13-6-7(11)12/h7H,2-6H2,1H3,(H,13,17)(H,15,16). The van der Waals surface area contributed by atoms with E-state index in [9.17, 15) is 23.5 Å². The zero-order valence-corrected chi connectivity index (χ0v) is 9.58. The lowest BCUT2D eigenvalue weighted by atomic mass is 9.93. The van der Waals surface area contributed by atoms with Gasteiger partial charge in [0.2, 0.25) is 0 Å². The molecule has 0 radical (unpaired) electrons. The van der Waals surface area contributed by atoms with Crippen molar-refractivity contribution in [3.8, 4) is 0 Å². The maximum Gasteiger partial charge on any atom is 0.329 e. The number of alkyl halides is 2. The number of carboxylic acid groups (broad SMARTS) is 1. The Hall–Kier alpha value is -1.40. The number of nitrogens with one attached hydrogen (secondary N) is 1. The largest absolute Gasteiger partial charge is 0.479 e. The van der Waals surface area contributed by atoms with Crippen molar-refractivity contribution < 1.29 is 23.5 Å². The Morgan fingerprint density at radius 2 is 2.18 bits per heavy atom. The van der Waals surface area contributed by atoms with Crippen molar-refractivity contribution in [2.24, 2.45) is 0 Å². The monoisotopic (exact) mass is 250 g/mol. The molecule has 0 aromatic carbocycles. The number of hydrogen-bond donors (Lipinski definition) is 2. The van der Waals surface area contributed by atoms with E-state index >= 15 is 0 Å². The number of likely N-dealkylation sites (tertiary alicyclic amines) is 1. The summed E-state index contributed by atoms with van der Waals surface area (Å²) in [7, 11) is 0. The average molecular weight is 250 g/mol. The molecule has 1 rings (SSSR count). The number of amides is 2. The molecule has 0 aliphatic carbocycles. The van der Waals surface area contributed by atoms with Gasteiger partial charge in [-0.05, 0) is 19.3 Å². The van der Waals surface area contributed by atoms with Crippen LogP contribution in [0.4, 0.5) is 13.6 Å². The van der Waals surface area contributed by atoms with E-state index in [1.807, 2.05) is 5.32 Å². The lowest BCUT2D eigenvalue weighted by Gasteiger charge is -2.33. The maximum atomic E-state index is 12.0. The van der Waals surface area contributed by atoms with Gasteiger partial charge in [-0.15, -0.1) is 0 Å². The van der Waals surface area contributed by atoms with Crippen LogP contribution < -0.4 is 5.32 Å². The highest BCUT2D eigenvalue weighted by Gasteiger charge is 2.48. The van der Waals surface area contributed by atoms with Gasteiger partial charge in [-0.2, -0.15) is 0 Å². The molecule has 1 aliphatic rings. The van der Waals surface area contributed by atoms with Crippen LogP contribution in [0.3, 0.4) is 0 Å². The highest BCUT2D eigenvalue weighted by Crippen LogP contribution is 2.32. The lowest BCUT2D eigenvalue weighted by Crippen LogP contribution is -2.56. The summed E-state index contributed by atoms with van der Waals surface area (Å²) in [6.45, 7) is 1.21. The Bertz CT molecular complexity index is 312. The van der Waals surface area contributed by atoms with Gasteiger partial charge in [0, 0.05) is 6.54 Å². The van der Waals surface area contributed by atoms with Gasteiger partial charge in [0.15, 0.2) is 0 Å². The molecule has 1 fully saturated rings. The van der Waals surface area contributed by atoms with Crippen molar-refractivity contribution >= 4 is 12.0 Å². The minimum absolute atomic E-state index is 0.268. The molecule has 2 N–H and O–H groups in total. The molecule has 0 aromatic heterocycles. The fourth-order valence-corrected chi connectivity index (χ4v) is 2.18. The van der Waals surface area contributed by atoms with Gasteiger partial charge in [-0.1, -0.05) is 6.92 Å². The Balaban J connectivity index is 2.74. The molecule has 1 unspecified atom stereocenters. The van der Waals surface area contributed by atoms with Gasteiger partial charge >= 0.3 is 12.0 Å². The molecule has 0 aromatic rings. The average Bonchev–Trinajstić information content (AvgIpc) is 2.70. The van der Waals surface area contributed by atoms with Gasteiger partial charge < -0.3 is 15.3 Å². The number of carbonyl (C=O) groups is 2. The summed E-state index contributed by atoms with van der Waals surface area (Å²) in [5.74, 6) is -1.08. The van der Waals surface area contributed by atoms with E-state index in [-0.39, 0.29) is 13.0 Å². The Labute approximate surface area is 97.8 Å². The van der Waals surface area contributed by atoms with Crippen LogP contribution in [-0.2, 0) is 4.79 Å². The fourth-order valence-electron chi connectivity index (χ4n) is 2.18. The van der Waals surface area contributed by atoms with Gasteiger partial charge in [-0.25, -0.2) is 18.4 Å². The van der Waals surface area contributed by atoms with E-state index < -0.39 is 30.5 Å². The minimum Gasteiger partial charge on any atom is -0.479 e. The summed E-state index contributed by atoms with van der Waals surface area (Å²) in [4.78, 5) is 24.0. The lowest BCUT2D eigenvalue weighted by molar-refractivity contribution is -0.148. The van der Waals surface area contributed by atoms with E-state index in [0.717, 1.165) is 4.90 Å². The van der Waals surface area contributed by atoms with Crippen LogP contribution in [0.2, 0.25) is 0 Å². The van der Waals surface area contributed by atoms with Crippen LogP contribution in [0.5, 0.6) is 0 Å². The van der Waals surface area contributed by atoms with Crippen LogP contribution in [0, 0.1) is 0 Å². The second kappa shape index (κ2) is 5.29. The predicted molar refractivity (Wildman–Crippen MR) is 56.0 cm³/mol. The Kier molecular flexibility index (Phi) is 4.25. The number of rotatable bonds is 4. The summed E-state index contributed by atoms with van der Waals surface area (Å²) in [6.07, 6.45) is -1.43. The molecular formula is C10H16F2N2O3. The molecule has 5 nitrogen and oxygen atoms in total. The van der Waals surface area contributed by atoms with E-state index in [0.29, 0.717) is 12.8 Å². The molecule has 0 spiro atoms. The van der Waals surface area contributed by atoms with Crippen LogP contribution in [-0.4, -0.2) is 47.1 Å². The topological polar surface area (TPSA) is 69.6 Å². The highest BCUT2D eigenvalue weighted by molar-refractivity contribution is 5.87. The molecule has 7 heteroatoms. The summed E-state index contributed by atoms with van der Waals surface area (Å²) in [5, 5.41) is 11.2. The predicted octanol–water partition coefficient (Wildman–Crippen LogP) is 1.29. The molecule has 1 saturated heterocycles. The second-order valence-corrected chi connectivity index (χ2v) is 4.02. The van der Waals surface area contributed by atoms with E-state index in [4.69, 9.17) is 0 Å². The van der Waals surface area contributed by atoms with E-state index in [1.165, 1.54) is 0 Å². The molecule has 17 heavy (non-hydrogen) atoms. The number of halogens is 2. The normalized spacial score (nSPS) is 24.1. The van der Waals surface area contributed by atoms with Gasteiger partial charge in [0.1, 0.15) is 5.54 Å². The van der Waals surface area contributed by atoms with E-state index in [2.05, 4.69) is 0 Å². The smallest absolute Gasteiger partial charge is 0.329 e. The van der Waals surface area contributed by atoms with Crippen LogP contribution in [0.15, 0.2) is 0 Å². The number of urea groups is 1. The van der Waals surface area contributed by atoms with Gasteiger partial charge in [0.05, 0.1) is 6.54 Å². The summed E-state index contributed by atoms with van der Waals surface area (Å²) < 4.78 is 23.9. The highest BCUT2D eigenvalue weighted by atomic mass is 19.3. The summed E-state index contributed by atoms with van der Waals surface area (Å²) in [6, 6.07) is -0.730. The summed E-state index contributed by atoms with van der Waals surface area (Å²) in [5.41, 5.74) is -1.24. The quantitative estimate of drug-likeness (QED) is 0.789. The molecule has 1 aliphatic heterocycles. The third-order valence-corrected chi connectivity index (χ3v) is 3.12. The maximum absolute atomic E-state index is 12.0. The number of hydrogen-bond acceptors (Lipinski definition) is 2. The second-order valence-electron chi connectivity index (χ2n) is 4.02. The Morgan fingerprint density at radius 1 is 1.53 bits per heavy atom. The summed E-state index contributed by atoms with van der Waals surface area (Å²) >= 11 is 0. The first kappa shape index (κ1) is 13.7. The number of nitrogens with zero attached hydrogens (tertiary/aromatic N) is 1. The van der Waals surface area contributed by atoms with Crippen molar-refractivity contribution in [1.82, 2.24) is 10.2 Å². The molecule has 2 amide bonds. The molecule has 0 bridgehead atoms. The van der Waals surface area contributed by atoms with Crippen molar-refractivity contribution in [2.75, 3.05) is 13.1 Å². The first-order chi connectivity index (χ1) is 7.94. The van der Waals surface area contributed by atoms with Crippen molar-refractivity contribution in [3.05, 3.63) is 0 Å². The van der Waals surface area contributed by atoms with Crippen molar-refractivity contribution in [1.29, 1.82) is 0 Å². The van der Waals surface area contributed by atoms with E-state index in [1.54, 1.807) is 6.92 Å². The zero-order chi connectivity index (χ0) is 13.1. The molecule has 0 saturated carbocycles. The van der Waals surface area contributed by atoms with Crippen molar-refractivity contribution in [3.63, 3.8) is 0 Å². The molecule has 98 valence electrons. The molecule has 1 heterocycles. The number of carbonyl (C=O) groups excluding carboxylic acids is 1. The van der Waals surface area contributed by atoms with Crippen LogP contribution in [0.25, 0.3) is 0 Å². The van der Waals surface area contributed by atoms with Crippen LogP contribution in [0.1, 0.15) is 26.2 Å². The molecule has 1 atom stereocenters. The fraction of sp³-hybridized carbons (Fsp3) is 0.800.